The van der Waals surface area contributed by atoms with Gasteiger partial charge in [-0.1, -0.05) is 20.8 Å². The first kappa shape index (κ1) is 16.0. The lowest BCUT2D eigenvalue weighted by molar-refractivity contribution is -0.117. The summed E-state index contributed by atoms with van der Waals surface area (Å²) < 4.78 is 16.3. The minimum atomic E-state index is -0.441. The van der Waals surface area contributed by atoms with E-state index < -0.39 is 5.82 Å². The third kappa shape index (κ3) is 3.11. The van der Waals surface area contributed by atoms with Crippen molar-refractivity contribution in [2.75, 3.05) is 11.9 Å². The second-order valence-electron chi connectivity index (χ2n) is 7.31. The van der Waals surface area contributed by atoms with Crippen LogP contribution in [0.5, 0.6) is 0 Å². The molecule has 1 amide bonds. The van der Waals surface area contributed by atoms with Crippen LogP contribution in [0, 0.1) is 11.7 Å². The molecule has 4 nitrogen and oxygen atoms in total. The number of anilines is 1. The van der Waals surface area contributed by atoms with Crippen LogP contribution < -0.4 is 5.32 Å². The molecule has 1 heterocycles. The van der Waals surface area contributed by atoms with Crippen LogP contribution in [0.1, 0.15) is 39.3 Å². The van der Waals surface area contributed by atoms with Crippen LogP contribution in [0.25, 0.3) is 10.9 Å². The number of nitrogens with one attached hydrogen (secondary N) is 1. The number of aliphatic hydroxyl groups excluding tert-OH is 1. The molecule has 2 N–H and O–H groups in total. The van der Waals surface area contributed by atoms with Gasteiger partial charge in [0.25, 0.3) is 0 Å². The van der Waals surface area contributed by atoms with E-state index in [9.17, 15) is 14.3 Å². The molecule has 1 aromatic carbocycles. The number of fused-ring (bicyclic) bond motifs is 1. The molecule has 5 heteroatoms. The number of nitrogens with zero attached hydrogens (tertiary/aromatic N) is 1. The van der Waals surface area contributed by atoms with E-state index in [-0.39, 0.29) is 29.5 Å². The highest BCUT2D eigenvalue weighted by molar-refractivity contribution is 5.96. The van der Waals surface area contributed by atoms with Crippen molar-refractivity contribution in [3.8, 4) is 0 Å². The molecule has 0 bridgehead atoms. The highest BCUT2D eigenvalue weighted by Gasteiger charge is 2.30. The second kappa shape index (κ2) is 5.64. The number of rotatable bonds is 4. The van der Waals surface area contributed by atoms with Gasteiger partial charge in [0.2, 0.25) is 5.91 Å². The van der Waals surface area contributed by atoms with E-state index in [2.05, 4.69) is 26.1 Å². The number of hydrogen-bond acceptors (Lipinski definition) is 2. The molecule has 0 atom stereocenters. The number of aromatic nitrogens is 1. The molecule has 23 heavy (non-hydrogen) atoms. The van der Waals surface area contributed by atoms with E-state index in [0.717, 1.165) is 29.4 Å². The fourth-order valence-electron chi connectivity index (χ4n) is 2.92. The summed E-state index contributed by atoms with van der Waals surface area (Å²) in [6.07, 6.45) is 1.77. The first-order valence-electron chi connectivity index (χ1n) is 8.06. The molecule has 2 aromatic rings. The van der Waals surface area contributed by atoms with Crippen molar-refractivity contribution in [1.82, 2.24) is 4.57 Å². The zero-order chi connectivity index (χ0) is 16.8. The molecule has 1 aromatic heterocycles. The van der Waals surface area contributed by atoms with E-state index in [0.29, 0.717) is 6.54 Å². The van der Waals surface area contributed by atoms with Crippen LogP contribution in [0.15, 0.2) is 18.2 Å². The summed E-state index contributed by atoms with van der Waals surface area (Å²) >= 11 is 0. The number of aliphatic hydroxyl groups is 1. The number of benzene rings is 1. The molecular formula is C18H23FN2O2. The summed E-state index contributed by atoms with van der Waals surface area (Å²) in [4.78, 5) is 11.9. The van der Waals surface area contributed by atoms with Gasteiger partial charge in [-0.25, -0.2) is 4.39 Å². The van der Waals surface area contributed by atoms with Crippen molar-refractivity contribution in [2.24, 2.45) is 5.92 Å². The summed E-state index contributed by atoms with van der Waals surface area (Å²) in [5.41, 5.74) is 1.88. The summed E-state index contributed by atoms with van der Waals surface area (Å²) in [5.74, 6) is -0.507. The van der Waals surface area contributed by atoms with E-state index >= 15 is 0 Å². The monoisotopic (exact) mass is 318 g/mol. The minimum Gasteiger partial charge on any atom is -0.395 e. The third-order valence-electron chi connectivity index (χ3n) is 4.29. The third-order valence-corrected chi connectivity index (χ3v) is 4.29. The van der Waals surface area contributed by atoms with Gasteiger partial charge in [0, 0.05) is 35.0 Å². The Balaban J connectivity index is 2.06. The molecule has 1 aliphatic rings. The number of carbonyl (C=O) groups excluding carboxylic acids is 1. The average Bonchev–Trinajstić information content (AvgIpc) is 3.24. The Labute approximate surface area is 135 Å². The largest absolute Gasteiger partial charge is 0.395 e. The Bertz CT molecular complexity index is 754. The normalized spacial score (nSPS) is 15.2. The van der Waals surface area contributed by atoms with E-state index in [1.165, 1.54) is 6.07 Å². The maximum absolute atomic E-state index is 14.4. The highest BCUT2D eigenvalue weighted by Crippen LogP contribution is 2.34. The summed E-state index contributed by atoms with van der Waals surface area (Å²) in [6, 6.07) is 5.15. The molecule has 0 spiro atoms. The average molecular weight is 318 g/mol. The fourth-order valence-corrected chi connectivity index (χ4v) is 2.92. The van der Waals surface area contributed by atoms with Crippen molar-refractivity contribution in [1.29, 1.82) is 0 Å². The first-order valence-corrected chi connectivity index (χ1v) is 8.06. The molecular weight excluding hydrogens is 295 g/mol. The number of amides is 1. The predicted molar refractivity (Wildman–Crippen MR) is 89.0 cm³/mol. The van der Waals surface area contributed by atoms with Crippen molar-refractivity contribution in [2.45, 2.75) is 45.6 Å². The molecule has 1 fully saturated rings. The second-order valence-corrected chi connectivity index (χ2v) is 7.31. The standard InChI is InChI=1S/C18H23FN2O2/c1-18(2,3)16-9-12-8-14(20-17(23)11-4-5-11)13(19)10-15(12)21(16)6-7-22/h8-11,22H,4-7H2,1-3H3,(H,20,23). The summed E-state index contributed by atoms with van der Waals surface area (Å²) in [7, 11) is 0. The van der Waals surface area contributed by atoms with E-state index in [4.69, 9.17) is 0 Å². The maximum atomic E-state index is 14.4. The van der Waals surface area contributed by atoms with Crippen LogP contribution in [0.3, 0.4) is 0 Å². The van der Waals surface area contributed by atoms with Crippen LogP contribution in [0.2, 0.25) is 0 Å². The van der Waals surface area contributed by atoms with Crippen LogP contribution in [-0.4, -0.2) is 22.2 Å². The van der Waals surface area contributed by atoms with Gasteiger partial charge in [0.15, 0.2) is 0 Å². The van der Waals surface area contributed by atoms with Gasteiger partial charge >= 0.3 is 0 Å². The topological polar surface area (TPSA) is 54.3 Å². The van der Waals surface area contributed by atoms with Crippen molar-refractivity contribution in [3.63, 3.8) is 0 Å². The molecule has 0 saturated heterocycles. The Morgan fingerprint density at radius 3 is 2.61 bits per heavy atom. The molecule has 124 valence electrons. The Morgan fingerprint density at radius 2 is 2.04 bits per heavy atom. The highest BCUT2D eigenvalue weighted by atomic mass is 19.1. The molecule has 0 aliphatic heterocycles. The molecule has 0 radical (unpaired) electrons. The zero-order valence-electron chi connectivity index (χ0n) is 13.8. The molecule has 3 rings (SSSR count). The first-order chi connectivity index (χ1) is 10.8. The fraction of sp³-hybridized carbons (Fsp3) is 0.500. The lowest BCUT2D eigenvalue weighted by Crippen LogP contribution is -2.18. The van der Waals surface area contributed by atoms with Crippen molar-refractivity contribution < 1.29 is 14.3 Å². The van der Waals surface area contributed by atoms with Crippen molar-refractivity contribution in [3.05, 3.63) is 29.7 Å². The smallest absolute Gasteiger partial charge is 0.227 e. The molecule has 1 saturated carbocycles. The molecule has 1 aliphatic carbocycles. The van der Waals surface area contributed by atoms with Crippen LogP contribution in [0.4, 0.5) is 10.1 Å². The summed E-state index contributed by atoms with van der Waals surface area (Å²) in [6.45, 7) is 6.67. The van der Waals surface area contributed by atoms with Crippen molar-refractivity contribution >= 4 is 22.5 Å². The Hall–Kier alpha value is -1.88. The van der Waals surface area contributed by atoms with Gasteiger partial charge in [-0.15, -0.1) is 0 Å². The maximum Gasteiger partial charge on any atom is 0.227 e. The SMILES string of the molecule is CC(C)(C)c1cc2cc(NC(=O)C3CC3)c(F)cc2n1CCO. The molecule has 0 unspecified atom stereocenters. The Kier molecular flexibility index (Phi) is 3.92. The Morgan fingerprint density at radius 1 is 1.35 bits per heavy atom. The number of carbonyl (C=O) groups is 1. The quantitative estimate of drug-likeness (QED) is 0.907. The van der Waals surface area contributed by atoms with Gasteiger partial charge < -0.3 is 15.0 Å². The number of halogens is 1. The van der Waals surface area contributed by atoms with E-state index in [1.54, 1.807) is 6.07 Å². The number of hydrogen-bond donors (Lipinski definition) is 2. The van der Waals surface area contributed by atoms with Crippen LogP contribution >= 0.6 is 0 Å². The lowest BCUT2D eigenvalue weighted by Gasteiger charge is -2.21. The van der Waals surface area contributed by atoms with Gasteiger partial charge in [-0.05, 0) is 25.0 Å². The van der Waals surface area contributed by atoms with Gasteiger partial charge in [-0.2, -0.15) is 0 Å². The zero-order valence-corrected chi connectivity index (χ0v) is 13.8. The predicted octanol–water partition coefficient (Wildman–Crippen LogP) is 3.42. The van der Waals surface area contributed by atoms with Gasteiger partial charge in [0.05, 0.1) is 17.8 Å². The van der Waals surface area contributed by atoms with Crippen LogP contribution in [-0.2, 0) is 16.8 Å². The minimum absolute atomic E-state index is 0.00531. The lowest BCUT2D eigenvalue weighted by atomic mass is 9.92. The van der Waals surface area contributed by atoms with E-state index in [1.807, 2.05) is 10.6 Å². The van der Waals surface area contributed by atoms with Gasteiger partial charge in [0.1, 0.15) is 5.82 Å². The van der Waals surface area contributed by atoms with Gasteiger partial charge in [-0.3, -0.25) is 4.79 Å². The summed E-state index contributed by atoms with van der Waals surface area (Å²) in [5, 5.41) is 12.9.